The highest BCUT2D eigenvalue weighted by molar-refractivity contribution is 6.44. The average molecular weight is 380 g/mol. The molecule has 0 saturated heterocycles. The monoisotopic (exact) mass is 379 g/mol. The van der Waals surface area contributed by atoms with Gasteiger partial charge in [0.25, 0.3) is 5.91 Å². The number of esters is 1. The minimum absolute atomic E-state index is 0.224. The van der Waals surface area contributed by atoms with E-state index in [1.54, 1.807) is 55.7 Å². The van der Waals surface area contributed by atoms with Crippen LogP contribution in [0, 0.1) is 0 Å². The maximum Gasteiger partial charge on any atom is 0.331 e. The van der Waals surface area contributed by atoms with E-state index in [9.17, 15) is 9.59 Å². The normalized spacial score (nSPS) is 10.5. The smallest absolute Gasteiger partial charge is 0.331 e. The Bertz CT molecular complexity index is 805. The molecule has 0 bridgehead atoms. The Hall–Kier alpha value is -2.50. The molecule has 0 fully saturated rings. The fourth-order valence-corrected chi connectivity index (χ4v) is 2.23. The van der Waals surface area contributed by atoms with Gasteiger partial charge in [-0.2, -0.15) is 0 Å². The zero-order chi connectivity index (χ0) is 18.2. The lowest BCUT2D eigenvalue weighted by molar-refractivity contribution is -0.142. The molecule has 0 radical (unpaired) electrons. The van der Waals surface area contributed by atoms with Gasteiger partial charge in [0.15, 0.2) is 6.61 Å². The van der Waals surface area contributed by atoms with Gasteiger partial charge in [-0.3, -0.25) is 4.79 Å². The van der Waals surface area contributed by atoms with Crippen molar-refractivity contribution in [3.8, 4) is 5.75 Å². The molecule has 0 aromatic heterocycles. The summed E-state index contributed by atoms with van der Waals surface area (Å²) in [7, 11) is 1.56. The van der Waals surface area contributed by atoms with Crippen LogP contribution in [-0.4, -0.2) is 25.6 Å². The molecule has 2 aromatic carbocycles. The van der Waals surface area contributed by atoms with E-state index in [0.29, 0.717) is 16.5 Å². The van der Waals surface area contributed by atoms with Gasteiger partial charge in [-0.05, 0) is 35.9 Å². The summed E-state index contributed by atoms with van der Waals surface area (Å²) < 4.78 is 9.97. The lowest BCUT2D eigenvalue weighted by Gasteiger charge is -2.08. The largest absolute Gasteiger partial charge is 0.497 e. The van der Waals surface area contributed by atoms with Crippen LogP contribution >= 0.6 is 23.2 Å². The van der Waals surface area contributed by atoms with Crippen molar-refractivity contribution in [3.05, 3.63) is 64.1 Å². The van der Waals surface area contributed by atoms with E-state index >= 15 is 0 Å². The van der Waals surface area contributed by atoms with Crippen LogP contribution in [0.5, 0.6) is 5.75 Å². The van der Waals surface area contributed by atoms with Crippen LogP contribution in [0.25, 0.3) is 6.08 Å². The second-order valence-electron chi connectivity index (χ2n) is 4.87. The van der Waals surface area contributed by atoms with Crippen LogP contribution in [0.2, 0.25) is 10.0 Å². The van der Waals surface area contributed by atoms with E-state index in [1.807, 2.05) is 0 Å². The first kappa shape index (κ1) is 18.8. The molecule has 7 heteroatoms. The van der Waals surface area contributed by atoms with Crippen LogP contribution in [0.3, 0.4) is 0 Å². The SMILES string of the molecule is COc1cccc(/C=C/C(=O)OCC(=O)Nc2cccc(Cl)c2Cl)c1. The highest BCUT2D eigenvalue weighted by Gasteiger charge is 2.09. The predicted molar refractivity (Wildman–Crippen MR) is 98.1 cm³/mol. The molecule has 0 aliphatic carbocycles. The van der Waals surface area contributed by atoms with Gasteiger partial charge in [0.05, 0.1) is 22.8 Å². The van der Waals surface area contributed by atoms with E-state index in [4.69, 9.17) is 32.7 Å². The second kappa shape index (κ2) is 9.11. The molecule has 2 rings (SSSR count). The van der Waals surface area contributed by atoms with Gasteiger partial charge >= 0.3 is 5.97 Å². The zero-order valence-electron chi connectivity index (χ0n) is 13.3. The number of hydrogen-bond acceptors (Lipinski definition) is 4. The van der Waals surface area contributed by atoms with Crippen molar-refractivity contribution in [1.29, 1.82) is 0 Å². The Morgan fingerprint density at radius 2 is 1.92 bits per heavy atom. The molecule has 0 atom stereocenters. The van der Waals surface area contributed by atoms with Crippen LogP contribution in [0.15, 0.2) is 48.5 Å². The number of carbonyl (C=O) groups is 2. The van der Waals surface area contributed by atoms with E-state index in [1.165, 1.54) is 6.08 Å². The number of carbonyl (C=O) groups excluding carboxylic acids is 2. The molecule has 130 valence electrons. The van der Waals surface area contributed by atoms with Crippen molar-refractivity contribution in [1.82, 2.24) is 0 Å². The summed E-state index contributed by atoms with van der Waals surface area (Å²) in [6.07, 6.45) is 2.80. The molecule has 0 heterocycles. The van der Waals surface area contributed by atoms with Gasteiger partial charge in [-0.25, -0.2) is 4.79 Å². The molecule has 0 aliphatic heterocycles. The molecule has 0 spiro atoms. The molecule has 0 saturated carbocycles. The number of benzene rings is 2. The van der Waals surface area contributed by atoms with Gasteiger partial charge in [-0.1, -0.05) is 41.4 Å². The third-order valence-electron chi connectivity index (χ3n) is 3.08. The minimum Gasteiger partial charge on any atom is -0.497 e. The standard InChI is InChI=1S/C18H15Cl2NO4/c1-24-13-5-2-4-12(10-13)8-9-17(23)25-11-16(22)21-15-7-3-6-14(19)18(15)20/h2-10H,11H2,1H3,(H,21,22)/b9-8+. The molecule has 0 aliphatic rings. The van der Waals surface area contributed by atoms with Crippen LogP contribution < -0.4 is 10.1 Å². The minimum atomic E-state index is -0.643. The van der Waals surface area contributed by atoms with Gasteiger partial charge in [0, 0.05) is 6.08 Å². The molecule has 5 nitrogen and oxygen atoms in total. The van der Waals surface area contributed by atoms with Gasteiger partial charge in [-0.15, -0.1) is 0 Å². The Balaban J connectivity index is 1.85. The summed E-state index contributed by atoms with van der Waals surface area (Å²) in [5.41, 5.74) is 1.12. The van der Waals surface area contributed by atoms with Crippen molar-refractivity contribution >= 4 is 46.8 Å². The number of nitrogens with one attached hydrogen (secondary N) is 1. The van der Waals surface area contributed by atoms with Crippen LogP contribution in [-0.2, 0) is 14.3 Å². The summed E-state index contributed by atoms with van der Waals surface area (Å²) in [5.74, 6) is -0.490. The summed E-state index contributed by atoms with van der Waals surface area (Å²) in [6.45, 7) is -0.440. The summed E-state index contributed by atoms with van der Waals surface area (Å²) in [5, 5.41) is 3.06. The first-order valence-electron chi connectivity index (χ1n) is 7.22. The number of hydrogen-bond donors (Lipinski definition) is 1. The maximum atomic E-state index is 11.8. The first-order chi connectivity index (χ1) is 12.0. The van der Waals surface area contributed by atoms with Gasteiger partial charge < -0.3 is 14.8 Å². The lowest BCUT2D eigenvalue weighted by Crippen LogP contribution is -2.20. The zero-order valence-corrected chi connectivity index (χ0v) is 14.8. The fraction of sp³-hybridized carbons (Fsp3) is 0.111. The second-order valence-corrected chi connectivity index (χ2v) is 5.65. The Morgan fingerprint density at radius 1 is 1.16 bits per heavy atom. The highest BCUT2D eigenvalue weighted by Crippen LogP contribution is 2.29. The van der Waals surface area contributed by atoms with E-state index < -0.39 is 18.5 Å². The third kappa shape index (κ3) is 5.81. The Morgan fingerprint density at radius 3 is 2.68 bits per heavy atom. The molecule has 1 amide bonds. The van der Waals surface area contributed by atoms with Crippen LogP contribution in [0.1, 0.15) is 5.56 Å². The number of halogens is 2. The number of rotatable bonds is 6. The van der Waals surface area contributed by atoms with E-state index in [2.05, 4.69) is 5.32 Å². The van der Waals surface area contributed by atoms with Gasteiger partial charge in [0.2, 0.25) is 0 Å². The van der Waals surface area contributed by atoms with Crippen molar-refractivity contribution in [2.45, 2.75) is 0 Å². The summed E-state index contributed by atoms with van der Waals surface area (Å²) in [6, 6.07) is 12.0. The number of methoxy groups -OCH3 is 1. The fourth-order valence-electron chi connectivity index (χ4n) is 1.88. The topological polar surface area (TPSA) is 64.6 Å². The highest BCUT2D eigenvalue weighted by atomic mass is 35.5. The number of amides is 1. The van der Waals surface area contributed by atoms with Crippen molar-refractivity contribution in [2.24, 2.45) is 0 Å². The van der Waals surface area contributed by atoms with Crippen LogP contribution in [0.4, 0.5) is 5.69 Å². The Kier molecular flexibility index (Phi) is 6.86. The van der Waals surface area contributed by atoms with Crippen molar-refractivity contribution in [2.75, 3.05) is 19.0 Å². The van der Waals surface area contributed by atoms with E-state index in [0.717, 1.165) is 5.56 Å². The van der Waals surface area contributed by atoms with E-state index in [-0.39, 0.29) is 5.02 Å². The molecule has 25 heavy (non-hydrogen) atoms. The molecule has 2 aromatic rings. The molecular weight excluding hydrogens is 365 g/mol. The molecule has 1 N–H and O–H groups in total. The maximum absolute atomic E-state index is 11.8. The number of anilines is 1. The number of ether oxygens (including phenoxy) is 2. The van der Waals surface area contributed by atoms with Gasteiger partial charge in [0.1, 0.15) is 5.75 Å². The van der Waals surface area contributed by atoms with Crippen molar-refractivity contribution in [3.63, 3.8) is 0 Å². The Labute approximate surface area is 155 Å². The predicted octanol–water partition coefficient (Wildman–Crippen LogP) is 4.20. The first-order valence-corrected chi connectivity index (χ1v) is 7.98. The molecular formula is C18H15Cl2NO4. The quantitative estimate of drug-likeness (QED) is 0.603. The lowest BCUT2D eigenvalue weighted by atomic mass is 10.2. The third-order valence-corrected chi connectivity index (χ3v) is 3.90. The summed E-state index contributed by atoms with van der Waals surface area (Å²) in [4.78, 5) is 23.5. The molecule has 0 unspecified atom stereocenters. The summed E-state index contributed by atoms with van der Waals surface area (Å²) >= 11 is 11.8. The average Bonchev–Trinajstić information content (AvgIpc) is 2.62. The van der Waals surface area contributed by atoms with Crippen molar-refractivity contribution < 1.29 is 19.1 Å².